The van der Waals surface area contributed by atoms with Crippen LogP contribution in [0, 0.1) is 13.8 Å². The molecule has 2 aromatic heterocycles. The van der Waals surface area contributed by atoms with Crippen LogP contribution in [0.4, 0.5) is 5.13 Å². The average molecular weight is 423 g/mol. The Bertz CT molecular complexity index is 1140. The molecule has 0 N–H and O–H groups in total. The Morgan fingerprint density at radius 3 is 2.37 bits per heavy atom. The lowest BCUT2D eigenvalue weighted by molar-refractivity contribution is 0.0982. The van der Waals surface area contributed by atoms with Gasteiger partial charge in [0, 0.05) is 11.6 Å². The predicted molar refractivity (Wildman–Crippen MR) is 118 cm³/mol. The molecule has 0 fully saturated rings. The third-order valence-electron chi connectivity index (χ3n) is 4.90. The summed E-state index contributed by atoms with van der Waals surface area (Å²) in [5.74, 6) is 1.56. The van der Waals surface area contributed by atoms with Crippen LogP contribution in [0.25, 0.3) is 10.2 Å². The van der Waals surface area contributed by atoms with E-state index in [2.05, 4.69) is 13.0 Å². The van der Waals surface area contributed by atoms with Crippen molar-refractivity contribution in [1.82, 2.24) is 4.98 Å². The average Bonchev–Trinajstić information content (AvgIpc) is 3.44. The summed E-state index contributed by atoms with van der Waals surface area (Å²) in [6.07, 6.45) is 1.60. The molecule has 0 spiro atoms. The molecule has 154 valence electrons. The summed E-state index contributed by atoms with van der Waals surface area (Å²) in [5.41, 5.74) is 3.57. The highest BCUT2D eigenvalue weighted by Gasteiger charge is 2.24. The first-order chi connectivity index (χ1) is 14.5. The number of methoxy groups -OCH3 is 2. The Labute approximate surface area is 178 Å². The number of rotatable bonds is 6. The van der Waals surface area contributed by atoms with Crippen LogP contribution in [0.3, 0.4) is 0 Å². The number of hydrogen-bond donors (Lipinski definition) is 0. The van der Waals surface area contributed by atoms with Crippen LogP contribution in [0.2, 0.25) is 0 Å². The highest BCUT2D eigenvalue weighted by molar-refractivity contribution is 7.22. The molecule has 4 aromatic rings. The van der Waals surface area contributed by atoms with E-state index in [-0.39, 0.29) is 12.5 Å². The van der Waals surface area contributed by atoms with Gasteiger partial charge in [0.1, 0.15) is 17.3 Å². The fourth-order valence-electron chi connectivity index (χ4n) is 3.23. The second-order valence-electron chi connectivity index (χ2n) is 6.95. The smallest absolute Gasteiger partial charge is 0.260 e. The van der Waals surface area contributed by atoms with Gasteiger partial charge in [-0.2, -0.15) is 0 Å². The highest BCUT2D eigenvalue weighted by Crippen LogP contribution is 2.35. The van der Waals surface area contributed by atoms with Crippen LogP contribution in [0.1, 0.15) is 27.2 Å². The van der Waals surface area contributed by atoms with E-state index >= 15 is 0 Å². The molecule has 4 rings (SSSR count). The number of aryl methyl sites for hydroxylation is 2. The maximum Gasteiger partial charge on any atom is 0.260 e. The first-order valence-electron chi connectivity index (χ1n) is 9.44. The topological polar surface area (TPSA) is 64.8 Å². The van der Waals surface area contributed by atoms with Gasteiger partial charge in [0.15, 0.2) is 5.13 Å². The van der Waals surface area contributed by atoms with Gasteiger partial charge >= 0.3 is 0 Å². The molecular formula is C23H22N2O4S. The van der Waals surface area contributed by atoms with Crippen molar-refractivity contribution in [2.45, 2.75) is 20.4 Å². The maximum atomic E-state index is 13.6. The van der Waals surface area contributed by atoms with Crippen LogP contribution >= 0.6 is 11.3 Å². The molecule has 2 heterocycles. The second-order valence-corrected chi connectivity index (χ2v) is 7.92. The largest absolute Gasteiger partial charge is 0.497 e. The van der Waals surface area contributed by atoms with E-state index in [1.54, 1.807) is 49.6 Å². The Morgan fingerprint density at radius 2 is 1.77 bits per heavy atom. The normalized spacial score (nSPS) is 10.9. The zero-order chi connectivity index (χ0) is 21.3. The Morgan fingerprint density at radius 1 is 1.07 bits per heavy atom. The Balaban J connectivity index is 1.82. The number of aromatic nitrogens is 1. The first-order valence-corrected chi connectivity index (χ1v) is 10.3. The van der Waals surface area contributed by atoms with Crippen molar-refractivity contribution < 1.29 is 18.7 Å². The Kier molecular flexibility index (Phi) is 5.46. The van der Waals surface area contributed by atoms with Crippen LogP contribution in [0.15, 0.2) is 53.1 Å². The Hall–Kier alpha value is -3.32. The van der Waals surface area contributed by atoms with E-state index in [1.807, 2.05) is 19.1 Å². The van der Waals surface area contributed by atoms with Crippen LogP contribution < -0.4 is 14.4 Å². The molecule has 6 nitrogen and oxygen atoms in total. The lowest BCUT2D eigenvalue weighted by atomic mass is 10.1. The minimum absolute atomic E-state index is 0.210. The first kappa shape index (κ1) is 20.0. The molecule has 0 atom stereocenters. The molecule has 1 amide bonds. The van der Waals surface area contributed by atoms with Crippen LogP contribution in [-0.2, 0) is 6.54 Å². The number of benzene rings is 2. The van der Waals surface area contributed by atoms with E-state index in [4.69, 9.17) is 18.9 Å². The van der Waals surface area contributed by atoms with Crippen molar-refractivity contribution >= 4 is 32.6 Å². The van der Waals surface area contributed by atoms with Crippen molar-refractivity contribution in [3.63, 3.8) is 0 Å². The van der Waals surface area contributed by atoms with Gasteiger partial charge in [0.25, 0.3) is 5.91 Å². The van der Waals surface area contributed by atoms with E-state index in [0.717, 1.165) is 21.3 Å². The van der Waals surface area contributed by atoms with Crippen molar-refractivity contribution in [1.29, 1.82) is 0 Å². The number of nitrogens with zero attached hydrogens (tertiary/aromatic N) is 2. The van der Waals surface area contributed by atoms with Gasteiger partial charge in [-0.15, -0.1) is 0 Å². The molecule has 0 unspecified atom stereocenters. The molecule has 0 saturated carbocycles. The third-order valence-corrected chi connectivity index (χ3v) is 6.11. The summed E-state index contributed by atoms with van der Waals surface area (Å²) in [5, 5.41) is 0.616. The molecule has 0 bridgehead atoms. The van der Waals surface area contributed by atoms with E-state index < -0.39 is 0 Å². The number of amides is 1. The van der Waals surface area contributed by atoms with Crippen molar-refractivity contribution in [2.75, 3.05) is 19.1 Å². The number of ether oxygens (including phenoxy) is 2. The summed E-state index contributed by atoms with van der Waals surface area (Å²) in [4.78, 5) is 20.0. The maximum absolute atomic E-state index is 13.6. The molecule has 2 aromatic carbocycles. The lowest BCUT2D eigenvalue weighted by Gasteiger charge is -2.19. The second kappa shape index (κ2) is 8.20. The minimum Gasteiger partial charge on any atom is -0.497 e. The zero-order valence-corrected chi connectivity index (χ0v) is 18.1. The highest BCUT2D eigenvalue weighted by atomic mass is 32.1. The van der Waals surface area contributed by atoms with Crippen LogP contribution in [-0.4, -0.2) is 25.1 Å². The van der Waals surface area contributed by atoms with Crippen molar-refractivity contribution in [3.05, 3.63) is 71.2 Å². The van der Waals surface area contributed by atoms with Gasteiger partial charge in [0.2, 0.25) is 0 Å². The van der Waals surface area contributed by atoms with Gasteiger partial charge in [-0.3, -0.25) is 9.69 Å². The van der Waals surface area contributed by atoms with Gasteiger partial charge < -0.3 is 13.9 Å². The molecular weight excluding hydrogens is 400 g/mol. The van der Waals surface area contributed by atoms with Gasteiger partial charge in [0.05, 0.1) is 37.2 Å². The fraction of sp³-hybridized carbons (Fsp3) is 0.217. The SMILES string of the molecule is COc1cc(OC)cc(C(=O)N(Cc2ccco2)c2nc3c(C)ccc(C)c3s2)c1. The van der Waals surface area contributed by atoms with Gasteiger partial charge in [-0.05, 0) is 49.2 Å². The summed E-state index contributed by atoms with van der Waals surface area (Å²) in [7, 11) is 3.12. The molecule has 7 heteroatoms. The molecule has 30 heavy (non-hydrogen) atoms. The third kappa shape index (κ3) is 3.76. The van der Waals surface area contributed by atoms with Gasteiger partial charge in [-0.1, -0.05) is 23.5 Å². The molecule has 0 radical (unpaired) electrons. The van der Waals surface area contributed by atoms with E-state index in [9.17, 15) is 4.79 Å². The fourth-order valence-corrected chi connectivity index (χ4v) is 4.34. The van der Waals surface area contributed by atoms with Gasteiger partial charge in [-0.25, -0.2) is 4.98 Å². The van der Waals surface area contributed by atoms with Crippen LogP contribution in [0.5, 0.6) is 11.5 Å². The monoisotopic (exact) mass is 422 g/mol. The van der Waals surface area contributed by atoms with Crippen molar-refractivity contribution in [2.24, 2.45) is 0 Å². The number of thiazole rings is 1. The zero-order valence-electron chi connectivity index (χ0n) is 17.3. The number of carbonyl (C=O) groups is 1. The molecule has 0 aliphatic rings. The summed E-state index contributed by atoms with van der Waals surface area (Å²) in [6.45, 7) is 4.34. The van der Waals surface area contributed by atoms with E-state index in [1.165, 1.54) is 11.3 Å². The molecule has 0 saturated heterocycles. The number of hydrogen-bond acceptors (Lipinski definition) is 6. The summed E-state index contributed by atoms with van der Waals surface area (Å²) < 4.78 is 17.3. The standard InChI is InChI=1S/C23H22N2O4S/c1-14-7-8-15(2)21-20(14)24-23(30-21)25(13-17-6-5-9-29-17)22(26)16-10-18(27-3)12-19(11-16)28-4/h5-12H,13H2,1-4H3. The van der Waals surface area contributed by atoms with Crippen molar-refractivity contribution in [3.8, 4) is 11.5 Å². The number of anilines is 1. The number of fused-ring (bicyclic) bond motifs is 1. The summed E-state index contributed by atoms with van der Waals surface area (Å²) in [6, 6.07) is 12.9. The number of furan rings is 1. The quantitative estimate of drug-likeness (QED) is 0.418. The summed E-state index contributed by atoms with van der Waals surface area (Å²) >= 11 is 1.50. The minimum atomic E-state index is -0.210. The lowest BCUT2D eigenvalue weighted by Crippen LogP contribution is -2.30. The predicted octanol–water partition coefficient (Wildman–Crippen LogP) is 5.37. The molecule has 0 aliphatic heterocycles. The van der Waals surface area contributed by atoms with E-state index in [0.29, 0.717) is 28.0 Å². The number of carbonyl (C=O) groups excluding carboxylic acids is 1. The molecule has 0 aliphatic carbocycles.